The summed E-state index contributed by atoms with van der Waals surface area (Å²) in [5.41, 5.74) is 0.0955. The van der Waals surface area contributed by atoms with Crippen LogP contribution in [-0.2, 0) is 6.54 Å². The second kappa shape index (κ2) is 7.22. The standard InChI is InChI=1S/C16H23N3O/c1-18(2)11-5-9-17-10-13-19-12-8-14-6-3-4-7-15(14)16(19)20/h3-4,6-8,12,17H,5,9-11,13H2,1-2H3. The molecular formula is C16H23N3O. The van der Waals surface area contributed by atoms with Gasteiger partial charge in [-0.1, -0.05) is 18.2 Å². The largest absolute Gasteiger partial charge is 0.315 e. The molecule has 1 aromatic heterocycles. The quantitative estimate of drug-likeness (QED) is 0.778. The smallest absolute Gasteiger partial charge is 0.258 e. The molecule has 0 radical (unpaired) electrons. The summed E-state index contributed by atoms with van der Waals surface area (Å²) >= 11 is 0. The summed E-state index contributed by atoms with van der Waals surface area (Å²) in [4.78, 5) is 14.4. The molecule has 1 N–H and O–H groups in total. The number of nitrogens with one attached hydrogen (secondary N) is 1. The van der Waals surface area contributed by atoms with E-state index in [-0.39, 0.29) is 5.56 Å². The lowest BCUT2D eigenvalue weighted by atomic mass is 10.2. The predicted molar refractivity (Wildman–Crippen MR) is 84.2 cm³/mol. The molecule has 4 nitrogen and oxygen atoms in total. The fourth-order valence-corrected chi connectivity index (χ4v) is 2.25. The van der Waals surface area contributed by atoms with Gasteiger partial charge >= 0.3 is 0 Å². The summed E-state index contributed by atoms with van der Waals surface area (Å²) in [5.74, 6) is 0. The van der Waals surface area contributed by atoms with Crippen LogP contribution >= 0.6 is 0 Å². The fraction of sp³-hybridized carbons (Fsp3) is 0.438. The third-order valence-corrected chi connectivity index (χ3v) is 3.37. The van der Waals surface area contributed by atoms with Gasteiger partial charge in [-0.2, -0.15) is 0 Å². The lowest BCUT2D eigenvalue weighted by molar-refractivity contribution is 0.393. The number of hydrogen-bond acceptors (Lipinski definition) is 3. The van der Waals surface area contributed by atoms with Crippen molar-refractivity contribution in [1.29, 1.82) is 0 Å². The normalized spacial score (nSPS) is 11.3. The van der Waals surface area contributed by atoms with Crippen molar-refractivity contribution in [2.24, 2.45) is 0 Å². The van der Waals surface area contributed by atoms with Gasteiger partial charge in [-0.05, 0) is 51.1 Å². The molecule has 0 aliphatic rings. The molecule has 0 amide bonds. The van der Waals surface area contributed by atoms with Crippen LogP contribution in [0.15, 0.2) is 41.3 Å². The number of nitrogens with zero attached hydrogens (tertiary/aromatic N) is 2. The molecule has 1 heterocycles. The molecule has 0 fully saturated rings. The van der Waals surface area contributed by atoms with Crippen LogP contribution in [-0.4, -0.2) is 43.2 Å². The highest BCUT2D eigenvalue weighted by atomic mass is 16.1. The van der Waals surface area contributed by atoms with E-state index in [1.807, 2.05) is 36.5 Å². The lowest BCUT2D eigenvalue weighted by Crippen LogP contribution is -2.28. The van der Waals surface area contributed by atoms with Crippen molar-refractivity contribution in [3.63, 3.8) is 0 Å². The molecule has 108 valence electrons. The summed E-state index contributed by atoms with van der Waals surface area (Å²) < 4.78 is 1.78. The first-order valence-electron chi connectivity index (χ1n) is 7.12. The summed E-state index contributed by atoms with van der Waals surface area (Å²) in [6.07, 6.45) is 3.01. The molecule has 2 rings (SSSR count). The Balaban J connectivity index is 1.87. The highest BCUT2D eigenvalue weighted by Crippen LogP contribution is 2.07. The second-order valence-electron chi connectivity index (χ2n) is 5.31. The zero-order chi connectivity index (χ0) is 14.4. The van der Waals surface area contributed by atoms with Crippen LogP contribution in [0.25, 0.3) is 10.8 Å². The molecular weight excluding hydrogens is 250 g/mol. The Morgan fingerprint density at radius 3 is 2.75 bits per heavy atom. The van der Waals surface area contributed by atoms with Crippen molar-refractivity contribution < 1.29 is 0 Å². The number of aromatic nitrogens is 1. The van der Waals surface area contributed by atoms with Gasteiger partial charge < -0.3 is 14.8 Å². The second-order valence-corrected chi connectivity index (χ2v) is 5.31. The Morgan fingerprint density at radius 2 is 1.95 bits per heavy atom. The number of rotatable bonds is 7. The summed E-state index contributed by atoms with van der Waals surface area (Å²) in [6.45, 7) is 3.61. The molecule has 2 aromatic rings. The Kier molecular flexibility index (Phi) is 5.32. The first-order valence-corrected chi connectivity index (χ1v) is 7.12. The van der Waals surface area contributed by atoms with Gasteiger partial charge in [0.05, 0.1) is 0 Å². The van der Waals surface area contributed by atoms with E-state index in [1.54, 1.807) is 4.57 Å². The highest BCUT2D eigenvalue weighted by molar-refractivity contribution is 5.81. The van der Waals surface area contributed by atoms with Gasteiger partial charge in [-0.15, -0.1) is 0 Å². The van der Waals surface area contributed by atoms with Crippen molar-refractivity contribution in [3.8, 4) is 0 Å². The van der Waals surface area contributed by atoms with Crippen molar-refractivity contribution >= 4 is 10.8 Å². The number of hydrogen-bond donors (Lipinski definition) is 1. The van der Waals surface area contributed by atoms with E-state index in [4.69, 9.17) is 0 Å². The Bertz CT molecular complexity index is 604. The molecule has 0 aliphatic carbocycles. The zero-order valence-corrected chi connectivity index (χ0v) is 12.3. The molecule has 4 heteroatoms. The van der Waals surface area contributed by atoms with Crippen LogP contribution in [0.2, 0.25) is 0 Å². The summed E-state index contributed by atoms with van der Waals surface area (Å²) in [5, 5.41) is 5.18. The summed E-state index contributed by atoms with van der Waals surface area (Å²) in [7, 11) is 4.16. The van der Waals surface area contributed by atoms with E-state index < -0.39 is 0 Å². The van der Waals surface area contributed by atoms with Gasteiger partial charge in [0, 0.05) is 24.7 Å². The minimum absolute atomic E-state index is 0.0955. The minimum Gasteiger partial charge on any atom is -0.315 e. The monoisotopic (exact) mass is 273 g/mol. The molecule has 0 bridgehead atoms. The van der Waals surface area contributed by atoms with E-state index in [1.165, 1.54) is 0 Å². The molecule has 0 unspecified atom stereocenters. The molecule has 0 spiro atoms. The van der Waals surface area contributed by atoms with Crippen LogP contribution in [0.1, 0.15) is 6.42 Å². The van der Waals surface area contributed by atoms with Crippen molar-refractivity contribution in [1.82, 2.24) is 14.8 Å². The third kappa shape index (κ3) is 3.92. The summed E-state index contributed by atoms with van der Waals surface area (Å²) in [6, 6.07) is 9.73. The molecule has 1 aromatic carbocycles. The average molecular weight is 273 g/mol. The predicted octanol–water partition coefficient (Wildman–Crippen LogP) is 1.54. The van der Waals surface area contributed by atoms with Gasteiger partial charge in [0.15, 0.2) is 0 Å². The molecule has 0 atom stereocenters. The number of pyridine rings is 1. The van der Waals surface area contributed by atoms with E-state index >= 15 is 0 Å². The fourth-order valence-electron chi connectivity index (χ4n) is 2.25. The highest BCUT2D eigenvalue weighted by Gasteiger charge is 2.01. The molecule has 20 heavy (non-hydrogen) atoms. The van der Waals surface area contributed by atoms with E-state index in [9.17, 15) is 4.79 Å². The Hall–Kier alpha value is -1.65. The van der Waals surface area contributed by atoms with Gasteiger partial charge in [-0.25, -0.2) is 0 Å². The minimum atomic E-state index is 0.0955. The molecule has 0 saturated carbocycles. The van der Waals surface area contributed by atoms with Gasteiger partial charge in [0.25, 0.3) is 5.56 Å². The van der Waals surface area contributed by atoms with E-state index in [0.29, 0.717) is 6.54 Å². The van der Waals surface area contributed by atoms with Crippen molar-refractivity contribution in [3.05, 3.63) is 46.9 Å². The lowest BCUT2D eigenvalue weighted by Gasteiger charge is -2.11. The van der Waals surface area contributed by atoms with E-state index in [0.717, 1.165) is 36.8 Å². The molecule has 0 saturated heterocycles. The maximum Gasteiger partial charge on any atom is 0.258 e. The van der Waals surface area contributed by atoms with Crippen LogP contribution in [0, 0.1) is 0 Å². The van der Waals surface area contributed by atoms with Crippen LogP contribution in [0.4, 0.5) is 0 Å². The van der Waals surface area contributed by atoms with E-state index in [2.05, 4.69) is 24.3 Å². The van der Waals surface area contributed by atoms with Gasteiger partial charge in [0.1, 0.15) is 0 Å². The van der Waals surface area contributed by atoms with Crippen molar-refractivity contribution in [2.75, 3.05) is 33.7 Å². The molecule has 0 aliphatic heterocycles. The topological polar surface area (TPSA) is 37.3 Å². The first-order chi connectivity index (χ1) is 9.68. The third-order valence-electron chi connectivity index (χ3n) is 3.37. The maximum absolute atomic E-state index is 12.3. The van der Waals surface area contributed by atoms with Gasteiger partial charge in [0.2, 0.25) is 0 Å². The van der Waals surface area contributed by atoms with Gasteiger partial charge in [-0.3, -0.25) is 4.79 Å². The Labute approximate surface area is 120 Å². The number of benzene rings is 1. The first kappa shape index (κ1) is 14.8. The number of fused-ring (bicyclic) bond motifs is 1. The zero-order valence-electron chi connectivity index (χ0n) is 12.3. The average Bonchev–Trinajstić information content (AvgIpc) is 2.45. The van der Waals surface area contributed by atoms with Crippen molar-refractivity contribution in [2.45, 2.75) is 13.0 Å². The Morgan fingerprint density at radius 1 is 1.15 bits per heavy atom. The SMILES string of the molecule is CN(C)CCCNCCn1ccc2ccccc2c1=O. The van der Waals surface area contributed by atoms with Crippen LogP contribution < -0.4 is 10.9 Å². The van der Waals surface area contributed by atoms with Crippen LogP contribution in [0.5, 0.6) is 0 Å². The van der Waals surface area contributed by atoms with Crippen LogP contribution in [0.3, 0.4) is 0 Å². The maximum atomic E-state index is 12.3.